The lowest BCUT2D eigenvalue weighted by atomic mass is 10.0. The number of fused-ring (bicyclic) bond motifs is 1. The van der Waals surface area contributed by atoms with Crippen LogP contribution in [-0.4, -0.2) is 15.9 Å². The first-order chi connectivity index (χ1) is 11.0. The van der Waals surface area contributed by atoms with E-state index in [1.165, 1.54) is 10.1 Å². The van der Waals surface area contributed by atoms with Crippen LogP contribution in [0, 0.1) is 3.57 Å². The summed E-state index contributed by atoms with van der Waals surface area (Å²) in [5, 5.41) is 3.33. The second kappa shape index (κ2) is 7.11. The molecule has 2 aromatic carbocycles. The summed E-state index contributed by atoms with van der Waals surface area (Å²) in [7, 11) is -1.29. The number of nitrogens with two attached hydrogens (primary N) is 1. The van der Waals surface area contributed by atoms with Crippen LogP contribution in [0.1, 0.15) is 5.56 Å². The Hall–Kier alpha value is -1.25. The van der Waals surface area contributed by atoms with Crippen LogP contribution < -0.4 is 5.73 Å². The van der Waals surface area contributed by atoms with Gasteiger partial charge in [-0.1, -0.05) is 24.3 Å². The molecule has 118 valence electrons. The van der Waals surface area contributed by atoms with E-state index in [4.69, 9.17) is 5.73 Å². The lowest BCUT2D eigenvalue weighted by Crippen LogP contribution is -2.20. The molecule has 0 bridgehead atoms. The third-order valence-electron chi connectivity index (χ3n) is 3.46. The minimum absolute atomic E-state index is 0.102. The molecule has 23 heavy (non-hydrogen) atoms. The molecule has 2 N–H and O–H groups in total. The van der Waals surface area contributed by atoms with Gasteiger partial charge in [-0.3, -0.25) is 9.00 Å². The smallest absolute Gasteiger partial charge is 0.230 e. The number of primary amides is 1. The normalized spacial score (nSPS) is 12.4. The molecule has 0 saturated carbocycles. The average Bonchev–Trinajstić information content (AvgIpc) is 2.90. The highest BCUT2D eigenvalue weighted by Crippen LogP contribution is 2.36. The predicted octanol–water partition coefficient (Wildman–Crippen LogP) is 3.91. The maximum atomic E-state index is 12.1. The Bertz CT molecular complexity index is 904. The van der Waals surface area contributed by atoms with E-state index in [0.717, 1.165) is 20.3 Å². The first kappa shape index (κ1) is 16.6. The Kier molecular flexibility index (Phi) is 5.13. The van der Waals surface area contributed by atoms with Crippen molar-refractivity contribution in [2.45, 2.75) is 5.75 Å². The first-order valence-electron chi connectivity index (χ1n) is 6.93. The zero-order valence-electron chi connectivity index (χ0n) is 12.1. The molecule has 3 aromatic rings. The van der Waals surface area contributed by atoms with Crippen molar-refractivity contribution in [1.82, 2.24) is 0 Å². The topological polar surface area (TPSA) is 60.2 Å². The van der Waals surface area contributed by atoms with Gasteiger partial charge in [0.1, 0.15) is 5.75 Å². The molecule has 0 aliphatic rings. The summed E-state index contributed by atoms with van der Waals surface area (Å²) in [5.74, 6) is -0.300. The third-order valence-corrected chi connectivity index (χ3v) is 6.33. The van der Waals surface area contributed by atoms with E-state index in [0.29, 0.717) is 5.75 Å². The van der Waals surface area contributed by atoms with Crippen molar-refractivity contribution >= 4 is 60.7 Å². The molecule has 3 rings (SSSR count). The molecule has 1 aromatic heterocycles. The fourth-order valence-electron chi connectivity index (χ4n) is 2.51. The maximum absolute atomic E-state index is 12.1. The largest absolute Gasteiger partial charge is 0.369 e. The molecule has 0 saturated heterocycles. The van der Waals surface area contributed by atoms with Crippen LogP contribution in [-0.2, 0) is 21.3 Å². The Morgan fingerprint density at radius 3 is 2.74 bits per heavy atom. The van der Waals surface area contributed by atoms with E-state index >= 15 is 0 Å². The van der Waals surface area contributed by atoms with Gasteiger partial charge in [0.2, 0.25) is 5.91 Å². The van der Waals surface area contributed by atoms with Gasteiger partial charge in [-0.05, 0) is 57.3 Å². The first-order valence-corrected chi connectivity index (χ1v) is 10.4. The molecule has 1 unspecified atom stereocenters. The highest BCUT2D eigenvalue weighted by molar-refractivity contribution is 14.1. The van der Waals surface area contributed by atoms with E-state index in [2.05, 4.69) is 46.2 Å². The van der Waals surface area contributed by atoms with Gasteiger partial charge in [0.05, 0.1) is 0 Å². The van der Waals surface area contributed by atoms with Crippen LogP contribution in [0.15, 0.2) is 47.8 Å². The van der Waals surface area contributed by atoms with Crippen molar-refractivity contribution in [3.8, 4) is 11.1 Å². The third kappa shape index (κ3) is 3.81. The van der Waals surface area contributed by atoms with Crippen molar-refractivity contribution < 1.29 is 9.00 Å². The monoisotopic (exact) mass is 455 g/mol. The van der Waals surface area contributed by atoms with Gasteiger partial charge in [-0.2, -0.15) is 0 Å². The summed E-state index contributed by atoms with van der Waals surface area (Å²) < 4.78 is 14.4. The molecule has 6 heteroatoms. The summed E-state index contributed by atoms with van der Waals surface area (Å²) in [6.45, 7) is 0. The molecule has 1 amide bonds. The standard InChI is InChI=1S/C17H14INO2S2/c18-12-5-6-13(11(7-12)9-23(21)10-17(19)20)15-8-22-16-4-2-1-3-14(15)16/h1-8H,9-10H2,(H2,19,20). The van der Waals surface area contributed by atoms with Crippen LogP contribution in [0.5, 0.6) is 0 Å². The molecular formula is C17H14INO2S2. The van der Waals surface area contributed by atoms with Crippen molar-refractivity contribution in [3.63, 3.8) is 0 Å². The molecule has 0 fully saturated rings. The van der Waals surface area contributed by atoms with Crippen molar-refractivity contribution in [2.24, 2.45) is 5.73 Å². The second-order valence-corrected chi connectivity index (χ2v) is 8.76. The van der Waals surface area contributed by atoms with Gasteiger partial charge in [-0.25, -0.2) is 0 Å². The fourth-order valence-corrected chi connectivity index (χ4v) is 5.04. The van der Waals surface area contributed by atoms with Crippen LogP contribution in [0.4, 0.5) is 0 Å². The number of rotatable bonds is 5. The Balaban J connectivity index is 2.05. The van der Waals surface area contributed by atoms with E-state index < -0.39 is 16.7 Å². The quantitative estimate of drug-likeness (QED) is 0.594. The molecule has 0 spiro atoms. The summed E-state index contributed by atoms with van der Waals surface area (Å²) >= 11 is 3.94. The number of benzene rings is 2. The molecule has 0 aliphatic heterocycles. The SMILES string of the molecule is NC(=O)CS(=O)Cc1cc(I)ccc1-c1csc2ccccc12. The van der Waals surface area contributed by atoms with E-state index in [1.807, 2.05) is 24.3 Å². The number of hydrogen-bond donors (Lipinski definition) is 1. The Labute approximate surface area is 154 Å². The van der Waals surface area contributed by atoms with Crippen LogP contribution in [0.2, 0.25) is 0 Å². The van der Waals surface area contributed by atoms with Gasteiger partial charge < -0.3 is 5.73 Å². The average molecular weight is 455 g/mol. The van der Waals surface area contributed by atoms with Gasteiger partial charge >= 0.3 is 0 Å². The molecule has 0 radical (unpaired) electrons. The molecule has 1 atom stereocenters. The minimum atomic E-state index is -1.29. The minimum Gasteiger partial charge on any atom is -0.369 e. The number of carbonyl (C=O) groups excluding carboxylic acids is 1. The molecule has 0 aliphatic carbocycles. The summed E-state index contributed by atoms with van der Waals surface area (Å²) in [6, 6.07) is 14.4. The van der Waals surface area contributed by atoms with Crippen LogP contribution in [0.3, 0.4) is 0 Å². The fraction of sp³-hybridized carbons (Fsp3) is 0.118. The van der Waals surface area contributed by atoms with Crippen LogP contribution >= 0.6 is 33.9 Å². The molecular weight excluding hydrogens is 441 g/mol. The highest BCUT2D eigenvalue weighted by Gasteiger charge is 2.14. The number of thiophene rings is 1. The van der Waals surface area contributed by atoms with Crippen molar-refractivity contribution in [3.05, 3.63) is 57.0 Å². The summed E-state index contributed by atoms with van der Waals surface area (Å²) in [4.78, 5) is 11.0. The van der Waals surface area contributed by atoms with E-state index in [9.17, 15) is 9.00 Å². The van der Waals surface area contributed by atoms with E-state index in [-0.39, 0.29) is 5.75 Å². The van der Waals surface area contributed by atoms with Gasteiger partial charge in [0.15, 0.2) is 0 Å². The molecule has 1 heterocycles. The maximum Gasteiger partial charge on any atom is 0.230 e. The van der Waals surface area contributed by atoms with Crippen LogP contribution in [0.25, 0.3) is 21.2 Å². The highest BCUT2D eigenvalue weighted by atomic mass is 127. The van der Waals surface area contributed by atoms with Gasteiger partial charge in [0.25, 0.3) is 0 Å². The second-order valence-electron chi connectivity index (χ2n) is 5.14. The Morgan fingerprint density at radius 2 is 1.96 bits per heavy atom. The number of halogens is 1. The number of hydrogen-bond acceptors (Lipinski definition) is 3. The zero-order chi connectivity index (χ0) is 16.4. The van der Waals surface area contributed by atoms with Crippen molar-refractivity contribution in [1.29, 1.82) is 0 Å². The molecule has 3 nitrogen and oxygen atoms in total. The number of carbonyl (C=O) groups is 1. The lowest BCUT2D eigenvalue weighted by molar-refractivity contribution is -0.115. The zero-order valence-corrected chi connectivity index (χ0v) is 15.9. The predicted molar refractivity (Wildman–Crippen MR) is 106 cm³/mol. The lowest BCUT2D eigenvalue weighted by Gasteiger charge is -2.10. The summed E-state index contributed by atoms with van der Waals surface area (Å²) in [6.07, 6.45) is 0. The van der Waals surface area contributed by atoms with Crippen molar-refractivity contribution in [2.75, 3.05) is 5.75 Å². The van der Waals surface area contributed by atoms with Gasteiger partial charge in [-0.15, -0.1) is 11.3 Å². The Morgan fingerprint density at radius 1 is 1.17 bits per heavy atom. The van der Waals surface area contributed by atoms with Gasteiger partial charge in [0, 0.05) is 35.8 Å². The van der Waals surface area contributed by atoms with E-state index in [1.54, 1.807) is 11.3 Å². The number of amides is 1. The summed E-state index contributed by atoms with van der Waals surface area (Å²) in [5.41, 5.74) is 8.35.